The predicted molar refractivity (Wildman–Crippen MR) is 94.4 cm³/mol. The van der Waals surface area contributed by atoms with E-state index >= 15 is 0 Å². The number of amides is 2. The molecule has 1 saturated heterocycles. The smallest absolute Gasteiger partial charge is 0.323 e. The fourth-order valence-electron chi connectivity index (χ4n) is 3.18. The third-order valence-electron chi connectivity index (χ3n) is 4.52. The van der Waals surface area contributed by atoms with Crippen molar-refractivity contribution < 1.29 is 4.79 Å². The summed E-state index contributed by atoms with van der Waals surface area (Å²) in [6, 6.07) is 3.95. The SMILES string of the molecule is CCc1c(C)nn(C)c1NC(=O)N1CCN(c2ccncc2)CC1. The van der Waals surface area contributed by atoms with Crippen LogP contribution in [0.3, 0.4) is 0 Å². The van der Waals surface area contributed by atoms with E-state index in [1.807, 2.05) is 31.0 Å². The minimum atomic E-state index is -0.0536. The van der Waals surface area contributed by atoms with Crippen LogP contribution < -0.4 is 10.2 Å². The van der Waals surface area contributed by atoms with Crippen LogP contribution in [0.4, 0.5) is 16.3 Å². The molecule has 0 atom stereocenters. The van der Waals surface area contributed by atoms with Gasteiger partial charge in [-0.05, 0) is 25.5 Å². The van der Waals surface area contributed by atoms with Gasteiger partial charge in [0.1, 0.15) is 5.82 Å². The Labute approximate surface area is 142 Å². The molecular formula is C17H24N6O. The molecule has 2 aromatic heterocycles. The normalized spacial score (nSPS) is 14.8. The Bertz CT molecular complexity index is 703. The van der Waals surface area contributed by atoms with Crippen molar-refractivity contribution >= 4 is 17.5 Å². The molecule has 0 aromatic carbocycles. The van der Waals surface area contributed by atoms with Gasteiger partial charge in [-0.25, -0.2) is 4.79 Å². The number of rotatable bonds is 3. The molecule has 2 amide bonds. The number of carbonyl (C=O) groups excluding carboxylic acids is 1. The molecule has 0 saturated carbocycles. The number of urea groups is 1. The van der Waals surface area contributed by atoms with Gasteiger partial charge in [0, 0.05) is 56.9 Å². The van der Waals surface area contributed by atoms with Crippen molar-refractivity contribution in [3.8, 4) is 0 Å². The highest BCUT2D eigenvalue weighted by atomic mass is 16.2. The highest BCUT2D eigenvalue weighted by Gasteiger charge is 2.23. The number of piperazine rings is 1. The fourth-order valence-corrected chi connectivity index (χ4v) is 3.18. The first-order chi connectivity index (χ1) is 11.6. The van der Waals surface area contributed by atoms with E-state index in [0.29, 0.717) is 13.1 Å². The Hall–Kier alpha value is -2.57. The molecule has 2 aromatic rings. The van der Waals surface area contributed by atoms with Crippen LogP contribution in [-0.4, -0.2) is 51.9 Å². The molecule has 0 radical (unpaired) electrons. The number of pyridine rings is 1. The van der Waals surface area contributed by atoms with Crippen molar-refractivity contribution in [1.29, 1.82) is 0 Å². The van der Waals surface area contributed by atoms with Crippen LogP contribution >= 0.6 is 0 Å². The predicted octanol–water partition coefficient (Wildman–Crippen LogP) is 2.04. The number of anilines is 2. The van der Waals surface area contributed by atoms with Gasteiger partial charge in [0.2, 0.25) is 0 Å². The number of nitrogens with one attached hydrogen (secondary N) is 1. The van der Waals surface area contributed by atoms with Crippen LogP contribution in [0.1, 0.15) is 18.2 Å². The van der Waals surface area contributed by atoms with Crippen LogP contribution in [0.5, 0.6) is 0 Å². The summed E-state index contributed by atoms with van der Waals surface area (Å²) >= 11 is 0. The zero-order valence-electron chi connectivity index (χ0n) is 14.5. The van der Waals surface area contributed by atoms with E-state index in [9.17, 15) is 4.79 Å². The molecule has 128 valence electrons. The summed E-state index contributed by atoms with van der Waals surface area (Å²) in [7, 11) is 1.86. The molecule has 3 rings (SSSR count). The molecule has 7 heteroatoms. The van der Waals surface area contributed by atoms with Gasteiger partial charge >= 0.3 is 6.03 Å². The zero-order valence-corrected chi connectivity index (χ0v) is 14.5. The van der Waals surface area contributed by atoms with Gasteiger partial charge in [0.25, 0.3) is 0 Å². The molecule has 1 aliphatic heterocycles. The maximum Gasteiger partial charge on any atom is 0.323 e. The van der Waals surface area contributed by atoms with Crippen LogP contribution in [0, 0.1) is 6.92 Å². The summed E-state index contributed by atoms with van der Waals surface area (Å²) < 4.78 is 1.75. The van der Waals surface area contributed by atoms with Crippen LogP contribution in [0.15, 0.2) is 24.5 Å². The molecule has 0 spiro atoms. The summed E-state index contributed by atoms with van der Waals surface area (Å²) in [6.45, 7) is 7.10. The quantitative estimate of drug-likeness (QED) is 0.936. The lowest BCUT2D eigenvalue weighted by molar-refractivity contribution is 0.208. The van der Waals surface area contributed by atoms with E-state index in [2.05, 4.69) is 27.2 Å². The highest BCUT2D eigenvalue weighted by Crippen LogP contribution is 2.20. The summed E-state index contributed by atoms with van der Waals surface area (Å²) in [5, 5.41) is 7.43. The van der Waals surface area contributed by atoms with E-state index in [-0.39, 0.29) is 6.03 Å². The Morgan fingerprint density at radius 2 is 1.88 bits per heavy atom. The average molecular weight is 328 g/mol. The molecule has 24 heavy (non-hydrogen) atoms. The minimum Gasteiger partial charge on any atom is -0.368 e. The van der Waals surface area contributed by atoms with Crippen LogP contribution in [-0.2, 0) is 13.5 Å². The average Bonchev–Trinajstić information content (AvgIpc) is 2.88. The lowest BCUT2D eigenvalue weighted by Crippen LogP contribution is -2.50. The number of hydrogen-bond acceptors (Lipinski definition) is 4. The molecule has 3 heterocycles. The number of carbonyl (C=O) groups is 1. The van der Waals surface area contributed by atoms with E-state index in [0.717, 1.165) is 42.3 Å². The first-order valence-electron chi connectivity index (χ1n) is 8.33. The van der Waals surface area contributed by atoms with Gasteiger partial charge in [-0.15, -0.1) is 0 Å². The lowest BCUT2D eigenvalue weighted by Gasteiger charge is -2.36. The molecule has 1 aliphatic rings. The number of hydrogen-bond donors (Lipinski definition) is 1. The van der Waals surface area contributed by atoms with Crippen molar-refractivity contribution in [2.75, 3.05) is 36.4 Å². The van der Waals surface area contributed by atoms with Gasteiger partial charge in [-0.1, -0.05) is 6.92 Å². The summed E-state index contributed by atoms with van der Waals surface area (Å²) in [5.41, 5.74) is 3.22. The maximum absolute atomic E-state index is 12.6. The topological polar surface area (TPSA) is 66.3 Å². The van der Waals surface area contributed by atoms with Crippen molar-refractivity contribution in [3.63, 3.8) is 0 Å². The Kier molecular flexibility index (Phi) is 4.69. The summed E-state index contributed by atoms with van der Waals surface area (Å²) in [5.74, 6) is 0.802. The Balaban J connectivity index is 1.62. The number of aromatic nitrogens is 3. The molecule has 1 fully saturated rings. The van der Waals surface area contributed by atoms with E-state index < -0.39 is 0 Å². The van der Waals surface area contributed by atoms with Crippen LogP contribution in [0.2, 0.25) is 0 Å². The largest absolute Gasteiger partial charge is 0.368 e. The monoisotopic (exact) mass is 328 g/mol. The molecule has 0 bridgehead atoms. The van der Waals surface area contributed by atoms with E-state index in [1.165, 1.54) is 0 Å². The standard InChI is InChI=1S/C17H24N6O/c1-4-15-13(2)20-21(3)16(15)19-17(24)23-11-9-22(10-12-23)14-5-7-18-8-6-14/h5-8H,4,9-12H2,1-3H3,(H,19,24). The first-order valence-corrected chi connectivity index (χ1v) is 8.33. The van der Waals surface area contributed by atoms with Gasteiger partial charge in [-0.2, -0.15) is 5.10 Å². The van der Waals surface area contributed by atoms with Gasteiger partial charge in [-0.3, -0.25) is 15.0 Å². The Morgan fingerprint density at radius 1 is 1.21 bits per heavy atom. The van der Waals surface area contributed by atoms with Crippen molar-refractivity contribution in [3.05, 3.63) is 35.8 Å². The summed E-state index contributed by atoms with van der Waals surface area (Å²) in [4.78, 5) is 20.8. The minimum absolute atomic E-state index is 0.0536. The van der Waals surface area contributed by atoms with Gasteiger partial charge < -0.3 is 9.80 Å². The molecule has 7 nitrogen and oxygen atoms in total. The van der Waals surface area contributed by atoms with Gasteiger partial charge in [0.05, 0.1) is 5.69 Å². The molecule has 0 aliphatic carbocycles. The Morgan fingerprint density at radius 3 is 2.50 bits per heavy atom. The maximum atomic E-state index is 12.6. The van der Waals surface area contributed by atoms with E-state index in [1.54, 1.807) is 17.1 Å². The molecular weight excluding hydrogens is 304 g/mol. The summed E-state index contributed by atoms with van der Waals surface area (Å²) in [6.07, 6.45) is 4.45. The van der Waals surface area contributed by atoms with Gasteiger partial charge in [0.15, 0.2) is 0 Å². The number of nitrogens with zero attached hydrogens (tertiary/aromatic N) is 5. The van der Waals surface area contributed by atoms with Crippen molar-refractivity contribution in [2.24, 2.45) is 7.05 Å². The number of aryl methyl sites for hydroxylation is 2. The second-order valence-electron chi connectivity index (χ2n) is 6.00. The third-order valence-corrected chi connectivity index (χ3v) is 4.52. The molecule has 1 N–H and O–H groups in total. The third kappa shape index (κ3) is 3.20. The first kappa shape index (κ1) is 16.3. The molecule has 0 unspecified atom stereocenters. The van der Waals surface area contributed by atoms with Crippen LogP contribution in [0.25, 0.3) is 0 Å². The highest BCUT2D eigenvalue weighted by molar-refractivity contribution is 5.89. The second kappa shape index (κ2) is 6.90. The van der Waals surface area contributed by atoms with Crippen molar-refractivity contribution in [2.45, 2.75) is 20.3 Å². The lowest BCUT2D eigenvalue weighted by atomic mass is 10.2. The van der Waals surface area contributed by atoms with Crippen molar-refractivity contribution in [1.82, 2.24) is 19.7 Å². The fraction of sp³-hybridized carbons (Fsp3) is 0.471. The van der Waals surface area contributed by atoms with E-state index in [4.69, 9.17) is 0 Å². The second-order valence-corrected chi connectivity index (χ2v) is 6.00. The zero-order chi connectivity index (χ0) is 17.1.